The van der Waals surface area contributed by atoms with Gasteiger partial charge in [0.15, 0.2) is 0 Å². The summed E-state index contributed by atoms with van der Waals surface area (Å²) in [6.45, 7) is 6.40. The summed E-state index contributed by atoms with van der Waals surface area (Å²) in [5, 5.41) is 23.8. The van der Waals surface area contributed by atoms with Crippen LogP contribution in [0.1, 0.15) is 290 Å². The van der Waals surface area contributed by atoms with Gasteiger partial charge in [-0.3, -0.25) is 9.59 Å². The third-order valence-electron chi connectivity index (χ3n) is 12.7. The highest BCUT2D eigenvalue weighted by atomic mass is 16.5. The number of esters is 1. The molecule has 0 aliphatic rings. The molecule has 3 N–H and O–H groups in total. The second-order valence-electron chi connectivity index (χ2n) is 19.0. The van der Waals surface area contributed by atoms with Crippen molar-refractivity contribution in [3.8, 4) is 0 Å². The van der Waals surface area contributed by atoms with Gasteiger partial charge in [0.25, 0.3) is 0 Å². The Morgan fingerprint density at radius 3 is 1.30 bits per heavy atom. The van der Waals surface area contributed by atoms with E-state index in [0.29, 0.717) is 19.3 Å². The van der Waals surface area contributed by atoms with Crippen LogP contribution in [-0.4, -0.2) is 46.9 Å². The van der Waals surface area contributed by atoms with Gasteiger partial charge in [-0.25, -0.2) is 0 Å². The second kappa shape index (κ2) is 51.1. The lowest BCUT2D eigenvalue weighted by atomic mass is 10.0. The summed E-state index contributed by atoms with van der Waals surface area (Å²) in [6, 6.07) is -0.702. The van der Waals surface area contributed by atoms with Gasteiger partial charge in [-0.15, -0.1) is 0 Å². The van der Waals surface area contributed by atoms with Crippen LogP contribution in [0.25, 0.3) is 0 Å². The maximum absolute atomic E-state index is 13.2. The molecule has 370 valence electrons. The van der Waals surface area contributed by atoms with Crippen LogP contribution in [0.2, 0.25) is 0 Å². The van der Waals surface area contributed by atoms with Crippen LogP contribution in [-0.2, 0) is 14.3 Å². The number of hydrogen-bond donors (Lipinski definition) is 3. The fourth-order valence-electron chi connectivity index (χ4n) is 8.52. The summed E-state index contributed by atoms with van der Waals surface area (Å²) in [5.74, 6) is -0.475. The fraction of sp³-hybridized carbons (Fsp3) is 0.860. The number of amides is 1. The number of aliphatic hydroxyl groups is 2. The lowest BCUT2D eigenvalue weighted by Crippen LogP contribution is -2.46. The van der Waals surface area contributed by atoms with Crippen molar-refractivity contribution in [3.63, 3.8) is 0 Å². The van der Waals surface area contributed by atoms with Crippen LogP contribution in [0.4, 0.5) is 0 Å². The number of carbonyl (C=O) groups excluding carboxylic acids is 2. The maximum Gasteiger partial charge on any atom is 0.306 e. The first kappa shape index (κ1) is 61.1. The monoisotopic (exact) mass is 886 g/mol. The molecule has 0 rings (SSSR count). The second-order valence-corrected chi connectivity index (χ2v) is 19.0. The summed E-state index contributed by atoms with van der Waals surface area (Å²) >= 11 is 0. The van der Waals surface area contributed by atoms with Gasteiger partial charge in [0.05, 0.1) is 25.2 Å². The number of aliphatic hydroxyl groups excluding tert-OH is 2. The van der Waals surface area contributed by atoms with Gasteiger partial charge in [0, 0.05) is 6.42 Å². The zero-order chi connectivity index (χ0) is 45.9. The number of allylic oxidation sites excluding steroid dienone is 6. The molecule has 63 heavy (non-hydrogen) atoms. The van der Waals surface area contributed by atoms with E-state index >= 15 is 0 Å². The molecule has 1 amide bonds. The number of nitrogens with one attached hydrogen (secondary N) is 1. The molecule has 0 aliphatic heterocycles. The Bertz CT molecular complexity index is 1040. The van der Waals surface area contributed by atoms with E-state index in [9.17, 15) is 19.8 Å². The maximum atomic E-state index is 13.2. The molecule has 3 unspecified atom stereocenters. The van der Waals surface area contributed by atoms with E-state index in [0.717, 1.165) is 70.6 Å². The average molecular weight is 886 g/mol. The molecular weight excluding hydrogens is 779 g/mol. The van der Waals surface area contributed by atoms with Gasteiger partial charge < -0.3 is 20.3 Å². The number of hydrogen-bond acceptors (Lipinski definition) is 5. The smallest absolute Gasteiger partial charge is 0.306 e. The Balaban J connectivity index is 4.57. The van der Waals surface area contributed by atoms with Gasteiger partial charge in [-0.1, -0.05) is 237 Å². The minimum atomic E-state index is -0.788. The number of unbranched alkanes of at least 4 members (excludes halogenated alkanes) is 32. The van der Waals surface area contributed by atoms with Crippen LogP contribution in [0.5, 0.6) is 0 Å². The van der Waals surface area contributed by atoms with Gasteiger partial charge in [0.2, 0.25) is 5.91 Å². The molecule has 0 saturated carbocycles. The van der Waals surface area contributed by atoms with Crippen molar-refractivity contribution in [1.29, 1.82) is 0 Å². The number of carbonyl (C=O) groups is 2. The van der Waals surface area contributed by atoms with E-state index in [1.165, 1.54) is 173 Å². The zero-order valence-corrected chi connectivity index (χ0v) is 42.2. The molecule has 0 saturated heterocycles. The van der Waals surface area contributed by atoms with Gasteiger partial charge in [-0.2, -0.15) is 0 Å². The highest BCUT2D eigenvalue weighted by Gasteiger charge is 2.24. The molecule has 0 aromatic rings. The molecule has 6 heteroatoms. The number of rotatable bonds is 50. The molecule has 0 spiro atoms. The quantitative estimate of drug-likeness (QED) is 0.0321. The highest BCUT2D eigenvalue weighted by Crippen LogP contribution is 2.18. The molecular formula is C57H107NO5. The molecule has 0 aromatic heterocycles. The van der Waals surface area contributed by atoms with Crippen molar-refractivity contribution in [2.24, 2.45) is 0 Å². The Morgan fingerprint density at radius 2 is 0.857 bits per heavy atom. The Hall–Kier alpha value is -1.92. The van der Waals surface area contributed by atoms with Crippen LogP contribution in [0.3, 0.4) is 0 Å². The minimum absolute atomic E-state index is 0.0741. The molecule has 0 radical (unpaired) electrons. The summed E-state index contributed by atoms with van der Waals surface area (Å²) in [6.07, 6.45) is 60.6. The van der Waals surface area contributed by atoms with Crippen molar-refractivity contribution in [2.45, 2.75) is 309 Å². The Morgan fingerprint density at radius 1 is 0.476 bits per heavy atom. The standard InChI is InChI=1S/C57H107NO5/c1-4-7-10-13-16-19-22-25-27-28-29-31-33-36-39-42-45-48-53(63-57(62)50-47-44-41-38-35-32-26-23-20-17-14-11-8-5-2)51-56(61)58-54(52-59)55(60)49-46-43-40-37-34-30-24-21-18-15-12-9-6-3/h8,11,17,20,25,27,53-55,59-60H,4-7,9-10,12-16,18-19,21-24,26,28-52H2,1-3H3,(H,58,61)/b11-8+,20-17+,27-25+. The van der Waals surface area contributed by atoms with Gasteiger partial charge in [0.1, 0.15) is 6.10 Å². The molecule has 0 aliphatic carbocycles. The summed E-state index contributed by atoms with van der Waals surface area (Å²) < 4.78 is 5.95. The lowest BCUT2D eigenvalue weighted by molar-refractivity contribution is -0.151. The lowest BCUT2D eigenvalue weighted by Gasteiger charge is -2.24. The van der Waals surface area contributed by atoms with Crippen molar-refractivity contribution in [2.75, 3.05) is 6.61 Å². The van der Waals surface area contributed by atoms with Crippen molar-refractivity contribution in [3.05, 3.63) is 36.5 Å². The first-order valence-corrected chi connectivity index (χ1v) is 27.7. The Labute approximate surface area is 392 Å². The summed E-state index contributed by atoms with van der Waals surface area (Å²) in [4.78, 5) is 26.2. The zero-order valence-electron chi connectivity index (χ0n) is 42.2. The predicted octanol–water partition coefficient (Wildman–Crippen LogP) is 16.8. The van der Waals surface area contributed by atoms with E-state index in [1.807, 2.05) is 0 Å². The molecule has 3 atom stereocenters. The third-order valence-corrected chi connectivity index (χ3v) is 12.7. The molecule has 0 aromatic carbocycles. The van der Waals surface area contributed by atoms with E-state index in [2.05, 4.69) is 62.5 Å². The van der Waals surface area contributed by atoms with Crippen LogP contribution >= 0.6 is 0 Å². The Kier molecular flexibility index (Phi) is 49.5. The molecule has 0 bridgehead atoms. The van der Waals surface area contributed by atoms with Gasteiger partial charge in [-0.05, 0) is 77.0 Å². The first-order valence-electron chi connectivity index (χ1n) is 27.7. The SMILES string of the molecule is CC/C=C/C/C=C/CCCCCCCCCC(=O)OC(CCCCCCCCC/C=C/CCCCCCCC)CC(=O)NC(CO)C(O)CCCCCCCCCCCCCCC. The average Bonchev–Trinajstić information content (AvgIpc) is 3.28. The van der Waals surface area contributed by atoms with E-state index < -0.39 is 18.2 Å². The summed E-state index contributed by atoms with van der Waals surface area (Å²) in [7, 11) is 0. The van der Waals surface area contributed by atoms with Crippen molar-refractivity contribution < 1.29 is 24.5 Å². The summed E-state index contributed by atoms with van der Waals surface area (Å²) in [5.41, 5.74) is 0. The normalized spacial score (nSPS) is 13.4. The van der Waals surface area contributed by atoms with Crippen LogP contribution in [0, 0.1) is 0 Å². The first-order chi connectivity index (χ1) is 31.0. The molecule has 0 heterocycles. The van der Waals surface area contributed by atoms with Crippen molar-refractivity contribution >= 4 is 11.9 Å². The van der Waals surface area contributed by atoms with E-state index in [4.69, 9.17) is 4.74 Å². The third kappa shape index (κ3) is 46.4. The van der Waals surface area contributed by atoms with Crippen LogP contribution < -0.4 is 5.32 Å². The van der Waals surface area contributed by atoms with Gasteiger partial charge >= 0.3 is 5.97 Å². The van der Waals surface area contributed by atoms with E-state index in [-0.39, 0.29) is 24.9 Å². The van der Waals surface area contributed by atoms with Crippen LogP contribution in [0.15, 0.2) is 36.5 Å². The molecule has 0 fully saturated rings. The number of ether oxygens (including phenoxy) is 1. The van der Waals surface area contributed by atoms with E-state index in [1.54, 1.807) is 0 Å². The predicted molar refractivity (Wildman–Crippen MR) is 273 cm³/mol. The largest absolute Gasteiger partial charge is 0.462 e. The molecule has 6 nitrogen and oxygen atoms in total. The fourth-order valence-corrected chi connectivity index (χ4v) is 8.52. The van der Waals surface area contributed by atoms with Crippen molar-refractivity contribution in [1.82, 2.24) is 5.32 Å². The highest BCUT2D eigenvalue weighted by molar-refractivity contribution is 5.77. The minimum Gasteiger partial charge on any atom is -0.462 e. The topological polar surface area (TPSA) is 95.9 Å².